The van der Waals surface area contributed by atoms with E-state index in [1.165, 1.54) is 41.0 Å². The standard InChI is InChI=1S/C39H43F2N5O9S/c1-22-23(2)45(6)38(51)46(35(22)48)26-11-7-24(8-12-26)19-33(36(49)55-27-15-17-54-18-16-27)43-34(47)29-20-31(41)32(21-30(29)40)44-56(52,53)28-13-9-25(10-14-28)42-37(50)39(3,4)5/h7-14,20-21,27,33,44H,15-19H2,1-6H3,(H,42,50)(H,43,47)/t33-/m0/s1. The highest BCUT2D eigenvalue weighted by Crippen LogP contribution is 2.25. The van der Waals surface area contributed by atoms with Crippen molar-refractivity contribution in [2.45, 2.75) is 70.9 Å². The van der Waals surface area contributed by atoms with Crippen LogP contribution in [0, 0.1) is 30.9 Å². The molecule has 3 N–H and O–H groups in total. The van der Waals surface area contributed by atoms with Gasteiger partial charge in [0.25, 0.3) is 21.5 Å². The highest BCUT2D eigenvalue weighted by atomic mass is 32.2. The van der Waals surface area contributed by atoms with Gasteiger partial charge in [-0.15, -0.1) is 0 Å². The Morgan fingerprint density at radius 2 is 1.57 bits per heavy atom. The summed E-state index contributed by atoms with van der Waals surface area (Å²) in [5.74, 6) is -4.89. The number of hydrogen-bond donors (Lipinski definition) is 3. The predicted octanol–water partition coefficient (Wildman–Crippen LogP) is 4.28. The quantitative estimate of drug-likeness (QED) is 0.187. The van der Waals surface area contributed by atoms with Gasteiger partial charge in [0, 0.05) is 54.7 Å². The van der Waals surface area contributed by atoms with E-state index in [9.17, 15) is 32.4 Å². The van der Waals surface area contributed by atoms with E-state index >= 15 is 8.78 Å². The zero-order chi connectivity index (χ0) is 41.1. The first-order valence-electron chi connectivity index (χ1n) is 17.7. The molecule has 4 aromatic rings. The fourth-order valence-electron chi connectivity index (χ4n) is 5.71. The molecule has 1 saturated heterocycles. The number of aromatic nitrogens is 2. The Balaban J connectivity index is 1.35. The lowest BCUT2D eigenvalue weighted by atomic mass is 9.95. The van der Waals surface area contributed by atoms with E-state index in [0.717, 1.165) is 4.57 Å². The molecule has 298 valence electrons. The number of benzene rings is 3. The lowest BCUT2D eigenvalue weighted by molar-refractivity contribution is -0.155. The van der Waals surface area contributed by atoms with Crippen LogP contribution in [0.15, 0.2) is 75.1 Å². The molecule has 1 atom stereocenters. The van der Waals surface area contributed by atoms with Gasteiger partial charge >= 0.3 is 11.7 Å². The molecule has 2 heterocycles. The summed E-state index contributed by atoms with van der Waals surface area (Å²) >= 11 is 0. The Hall–Kier alpha value is -5.68. The summed E-state index contributed by atoms with van der Waals surface area (Å²) in [6, 6.07) is 10.8. The molecule has 1 aliphatic heterocycles. The van der Waals surface area contributed by atoms with Crippen molar-refractivity contribution in [3.63, 3.8) is 0 Å². The molecule has 1 aromatic heterocycles. The summed E-state index contributed by atoms with van der Waals surface area (Å²) in [6.07, 6.45) is 0.145. The largest absolute Gasteiger partial charge is 0.461 e. The molecule has 1 fully saturated rings. The summed E-state index contributed by atoms with van der Waals surface area (Å²) in [4.78, 5) is 64.7. The summed E-state index contributed by atoms with van der Waals surface area (Å²) in [5.41, 5.74) is -1.37. The third kappa shape index (κ3) is 9.39. The molecule has 14 nitrogen and oxygen atoms in total. The van der Waals surface area contributed by atoms with E-state index in [1.807, 2.05) is 4.72 Å². The first-order chi connectivity index (χ1) is 26.3. The van der Waals surface area contributed by atoms with E-state index in [2.05, 4.69) is 10.6 Å². The van der Waals surface area contributed by atoms with Gasteiger partial charge in [-0.25, -0.2) is 31.4 Å². The van der Waals surface area contributed by atoms with Gasteiger partial charge in [0.1, 0.15) is 23.8 Å². The smallest absolute Gasteiger partial charge is 0.335 e. The lowest BCUT2D eigenvalue weighted by Crippen LogP contribution is -2.45. The lowest BCUT2D eigenvalue weighted by Gasteiger charge is -2.25. The minimum absolute atomic E-state index is 0.172. The third-order valence-electron chi connectivity index (χ3n) is 9.37. The van der Waals surface area contributed by atoms with Crippen molar-refractivity contribution in [3.8, 4) is 5.69 Å². The van der Waals surface area contributed by atoms with Crippen molar-refractivity contribution in [2.75, 3.05) is 23.3 Å². The molecule has 17 heteroatoms. The molecule has 3 aromatic carbocycles. The number of hydrogen-bond acceptors (Lipinski definition) is 9. The van der Waals surface area contributed by atoms with Gasteiger partial charge in [0.2, 0.25) is 5.91 Å². The van der Waals surface area contributed by atoms with Crippen molar-refractivity contribution in [2.24, 2.45) is 12.5 Å². The molecule has 1 aliphatic rings. The Labute approximate surface area is 321 Å². The van der Waals surface area contributed by atoms with Gasteiger partial charge < -0.3 is 24.7 Å². The first-order valence-corrected chi connectivity index (χ1v) is 19.2. The van der Waals surface area contributed by atoms with Gasteiger partial charge in [0.15, 0.2) is 0 Å². The van der Waals surface area contributed by atoms with Crippen molar-refractivity contribution in [3.05, 3.63) is 116 Å². The summed E-state index contributed by atoms with van der Waals surface area (Å²) in [5, 5.41) is 5.07. The van der Waals surface area contributed by atoms with Crippen LogP contribution in [-0.2, 0) is 42.6 Å². The maximum atomic E-state index is 15.4. The Bertz CT molecular complexity index is 2340. The number of carbonyl (C=O) groups excluding carboxylic acids is 3. The number of halogens is 2. The number of amides is 2. The minimum Gasteiger partial charge on any atom is -0.461 e. The molecular weight excluding hydrogens is 753 g/mol. The highest BCUT2D eigenvalue weighted by Gasteiger charge is 2.29. The maximum Gasteiger partial charge on any atom is 0.335 e. The Kier molecular flexibility index (Phi) is 12.3. The molecule has 0 bridgehead atoms. The van der Waals surface area contributed by atoms with Crippen molar-refractivity contribution >= 4 is 39.2 Å². The zero-order valence-corrected chi connectivity index (χ0v) is 32.5. The maximum absolute atomic E-state index is 15.4. The molecule has 56 heavy (non-hydrogen) atoms. The van der Waals surface area contributed by atoms with Crippen molar-refractivity contribution in [1.82, 2.24) is 14.5 Å². The van der Waals surface area contributed by atoms with Crippen LogP contribution in [0.2, 0.25) is 0 Å². The van der Waals surface area contributed by atoms with Gasteiger partial charge in [-0.2, -0.15) is 0 Å². The monoisotopic (exact) mass is 795 g/mol. The van der Waals surface area contributed by atoms with E-state index < -0.39 is 73.6 Å². The number of nitrogens with zero attached hydrogens (tertiary/aromatic N) is 2. The zero-order valence-electron chi connectivity index (χ0n) is 31.7. The number of sulfonamides is 1. The number of nitrogens with one attached hydrogen (secondary N) is 3. The SMILES string of the molecule is Cc1c(C)n(C)c(=O)n(-c2ccc(C[C@H](NC(=O)c3cc(F)c(NS(=O)(=O)c4ccc(NC(=O)C(C)(C)C)cc4)cc3F)C(=O)OC3CCOCC3)cc2)c1=O. The van der Waals surface area contributed by atoms with Gasteiger partial charge in [-0.3, -0.25) is 19.1 Å². The van der Waals surface area contributed by atoms with Crippen LogP contribution in [0.25, 0.3) is 5.69 Å². The predicted molar refractivity (Wildman–Crippen MR) is 203 cm³/mol. The fourth-order valence-corrected chi connectivity index (χ4v) is 6.77. The van der Waals surface area contributed by atoms with Gasteiger partial charge in [0.05, 0.1) is 35.0 Å². The molecule has 0 aliphatic carbocycles. The number of ether oxygens (including phenoxy) is 2. The number of rotatable bonds is 11. The Morgan fingerprint density at radius 1 is 0.946 bits per heavy atom. The average Bonchev–Trinajstić information content (AvgIpc) is 3.15. The second kappa shape index (κ2) is 16.6. The van der Waals surface area contributed by atoms with Crippen LogP contribution in [0.4, 0.5) is 20.2 Å². The van der Waals surface area contributed by atoms with E-state index in [0.29, 0.717) is 60.7 Å². The molecule has 0 unspecified atom stereocenters. The van der Waals surface area contributed by atoms with Crippen LogP contribution >= 0.6 is 0 Å². The van der Waals surface area contributed by atoms with Crippen LogP contribution in [0.3, 0.4) is 0 Å². The third-order valence-corrected chi connectivity index (χ3v) is 10.8. The van der Waals surface area contributed by atoms with Crippen LogP contribution in [-0.4, -0.2) is 60.7 Å². The van der Waals surface area contributed by atoms with Crippen LogP contribution < -0.4 is 26.6 Å². The summed E-state index contributed by atoms with van der Waals surface area (Å²) in [7, 11) is -2.90. The minimum atomic E-state index is -4.45. The van der Waals surface area contributed by atoms with Crippen molar-refractivity contribution < 1.29 is 41.1 Å². The molecule has 5 rings (SSSR count). The molecule has 0 saturated carbocycles. The number of carbonyl (C=O) groups is 3. The van der Waals surface area contributed by atoms with Crippen molar-refractivity contribution in [1.29, 1.82) is 0 Å². The van der Waals surface area contributed by atoms with E-state index in [4.69, 9.17) is 9.47 Å². The summed E-state index contributed by atoms with van der Waals surface area (Å²) < 4.78 is 72.2. The first kappa shape index (κ1) is 41.5. The molecule has 0 spiro atoms. The van der Waals surface area contributed by atoms with Crippen LogP contribution in [0.1, 0.15) is 60.8 Å². The second-order valence-corrected chi connectivity index (χ2v) is 16.2. The highest BCUT2D eigenvalue weighted by molar-refractivity contribution is 7.92. The topological polar surface area (TPSA) is 184 Å². The average molecular weight is 796 g/mol. The molecular formula is C39H43F2N5O9S. The summed E-state index contributed by atoms with van der Waals surface area (Å²) in [6.45, 7) is 9.11. The number of esters is 1. The van der Waals surface area contributed by atoms with E-state index in [-0.39, 0.29) is 22.9 Å². The normalized spacial score (nSPS) is 14.1. The Morgan fingerprint density at radius 3 is 2.18 bits per heavy atom. The number of anilines is 2. The van der Waals surface area contributed by atoms with Gasteiger partial charge in [-0.05, 0) is 61.9 Å². The van der Waals surface area contributed by atoms with Gasteiger partial charge in [-0.1, -0.05) is 32.9 Å². The van der Waals surface area contributed by atoms with E-state index in [1.54, 1.807) is 53.8 Å². The molecule has 0 radical (unpaired) electrons. The van der Waals surface area contributed by atoms with Crippen LogP contribution in [0.5, 0.6) is 0 Å². The molecule has 2 amide bonds. The second-order valence-electron chi connectivity index (χ2n) is 14.5. The fraction of sp³-hybridized carbons (Fsp3) is 0.359.